The van der Waals surface area contributed by atoms with E-state index >= 15 is 0 Å². The van der Waals surface area contributed by atoms with Crippen molar-refractivity contribution >= 4 is 70.6 Å². The molecule has 0 radical (unpaired) electrons. The molecule has 0 saturated carbocycles. The van der Waals surface area contributed by atoms with Crippen LogP contribution in [0.5, 0.6) is 0 Å². The first-order valence-electron chi connectivity index (χ1n) is 16.0. The number of benzene rings is 6. The summed E-state index contributed by atoms with van der Waals surface area (Å²) in [4.78, 5) is 15.3. The number of hydrogen-bond donors (Lipinski definition) is 0. The molecule has 0 saturated heterocycles. The maximum Gasteiger partial charge on any atom is 0.160 e. The average Bonchev–Trinajstić information content (AvgIpc) is 3.85. The predicted molar refractivity (Wildman–Crippen MR) is 196 cm³/mol. The van der Waals surface area contributed by atoms with Crippen molar-refractivity contribution in [3.63, 3.8) is 0 Å². The van der Waals surface area contributed by atoms with Crippen molar-refractivity contribution in [3.8, 4) is 33.8 Å². The second-order valence-electron chi connectivity index (χ2n) is 13.3. The van der Waals surface area contributed by atoms with Crippen molar-refractivity contribution in [2.75, 3.05) is 0 Å². The molecule has 47 heavy (non-hydrogen) atoms. The highest BCUT2D eigenvalue weighted by Crippen LogP contribution is 2.50. The Morgan fingerprint density at radius 2 is 1.36 bits per heavy atom. The molecule has 0 amide bonds. The van der Waals surface area contributed by atoms with Crippen LogP contribution >= 0.6 is 11.3 Å². The molecule has 0 atom stereocenters. The molecule has 0 fully saturated rings. The zero-order valence-corrected chi connectivity index (χ0v) is 26.6. The van der Waals surface area contributed by atoms with Gasteiger partial charge in [0.15, 0.2) is 5.82 Å². The Morgan fingerprint density at radius 1 is 0.596 bits per heavy atom. The van der Waals surface area contributed by atoms with E-state index in [4.69, 9.17) is 15.0 Å². The third kappa shape index (κ3) is 3.24. The minimum Gasteiger partial charge on any atom is -0.308 e. The van der Waals surface area contributed by atoms with E-state index in [9.17, 15) is 0 Å². The Kier molecular flexibility index (Phi) is 4.77. The van der Waals surface area contributed by atoms with Crippen LogP contribution in [0.15, 0.2) is 121 Å². The third-order valence-corrected chi connectivity index (χ3v) is 11.3. The van der Waals surface area contributed by atoms with Gasteiger partial charge in [0, 0.05) is 43.5 Å². The van der Waals surface area contributed by atoms with E-state index in [1.807, 2.05) is 5.51 Å². The van der Waals surface area contributed by atoms with Crippen molar-refractivity contribution in [1.82, 2.24) is 19.4 Å². The molecule has 4 aromatic heterocycles. The minimum atomic E-state index is -0.0860. The first-order valence-corrected chi connectivity index (χ1v) is 16.9. The fourth-order valence-electron chi connectivity index (χ4n) is 8.29. The van der Waals surface area contributed by atoms with Gasteiger partial charge in [0.25, 0.3) is 0 Å². The third-order valence-electron chi connectivity index (χ3n) is 10.5. The van der Waals surface area contributed by atoms with Crippen LogP contribution in [0.1, 0.15) is 25.0 Å². The second-order valence-corrected chi connectivity index (χ2v) is 14.1. The van der Waals surface area contributed by atoms with E-state index in [-0.39, 0.29) is 5.41 Å². The van der Waals surface area contributed by atoms with Crippen molar-refractivity contribution in [2.24, 2.45) is 0 Å². The standard InChI is InChI=1S/C42H26N4S/c1-42(2)31-12-6-3-9-25(31)26-17-15-23(20-32(26)42)38-28-11-4-7-13-33(28)44-41(45-38)24-16-18-36-30(19-24)37-39-29(21-34-40(37)47-22-43-34)27-10-5-8-14-35(27)46(36)39/h3-22H,1-2H3. The Hall–Kier alpha value is -5.65. The number of nitrogens with zero attached hydrogens (tertiary/aromatic N) is 4. The van der Waals surface area contributed by atoms with Crippen LogP contribution in [0.2, 0.25) is 0 Å². The molecule has 4 heterocycles. The molecule has 11 rings (SSSR count). The van der Waals surface area contributed by atoms with Gasteiger partial charge in [-0.05, 0) is 64.7 Å². The summed E-state index contributed by atoms with van der Waals surface area (Å²) in [6.45, 7) is 4.66. The van der Waals surface area contributed by atoms with Gasteiger partial charge < -0.3 is 4.40 Å². The van der Waals surface area contributed by atoms with Crippen LogP contribution in [0, 0.1) is 0 Å². The molecule has 5 heteroatoms. The van der Waals surface area contributed by atoms with Crippen molar-refractivity contribution in [2.45, 2.75) is 19.3 Å². The highest BCUT2D eigenvalue weighted by molar-refractivity contribution is 7.18. The normalized spacial score (nSPS) is 13.9. The van der Waals surface area contributed by atoms with Gasteiger partial charge in [0.1, 0.15) is 0 Å². The van der Waals surface area contributed by atoms with Gasteiger partial charge in [-0.3, -0.25) is 0 Å². The lowest BCUT2D eigenvalue weighted by molar-refractivity contribution is 0.660. The number of aromatic nitrogens is 4. The molecule has 10 aromatic rings. The van der Waals surface area contributed by atoms with Crippen molar-refractivity contribution in [1.29, 1.82) is 0 Å². The lowest BCUT2D eigenvalue weighted by Gasteiger charge is -2.22. The van der Waals surface area contributed by atoms with Gasteiger partial charge >= 0.3 is 0 Å². The molecule has 0 bridgehead atoms. The fourth-order valence-corrected chi connectivity index (χ4v) is 9.12. The number of hydrogen-bond acceptors (Lipinski definition) is 4. The Bertz CT molecular complexity index is 2950. The zero-order chi connectivity index (χ0) is 31.0. The number of thiazole rings is 1. The van der Waals surface area contributed by atoms with Crippen LogP contribution in [-0.4, -0.2) is 19.4 Å². The molecule has 0 N–H and O–H groups in total. The lowest BCUT2D eigenvalue weighted by atomic mass is 9.82. The minimum absolute atomic E-state index is 0.0860. The van der Waals surface area contributed by atoms with Gasteiger partial charge in [-0.1, -0.05) is 86.6 Å². The summed E-state index contributed by atoms with van der Waals surface area (Å²) in [7, 11) is 0. The number of rotatable bonds is 2. The van der Waals surface area contributed by atoms with Gasteiger partial charge in [-0.2, -0.15) is 0 Å². The first-order chi connectivity index (χ1) is 23.1. The van der Waals surface area contributed by atoms with Crippen molar-refractivity contribution in [3.05, 3.63) is 132 Å². The van der Waals surface area contributed by atoms with Gasteiger partial charge in [-0.15, -0.1) is 11.3 Å². The summed E-state index contributed by atoms with van der Waals surface area (Å²) in [5.74, 6) is 0.735. The Balaban J connectivity index is 1.17. The van der Waals surface area contributed by atoms with E-state index in [1.54, 1.807) is 11.3 Å². The van der Waals surface area contributed by atoms with E-state index < -0.39 is 0 Å². The maximum atomic E-state index is 5.35. The highest BCUT2D eigenvalue weighted by atomic mass is 32.1. The first kappa shape index (κ1) is 25.5. The topological polar surface area (TPSA) is 43.1 Å². The van der Waals surface area contributed by atoms with Crippen LogP contribution < -0.4 is 0 Å². The maximum absolute atomic E-state index is 5.35. The van der Waals surface area contributed by atoms with E-state index in [1.165, 1.54) is 65.0 Å². The SMILES string of the molecule is CC1(C)c2ccccc2-c2ccc(-c3nc(-c4ccc5c(c4)c4c6scnc6cc6c7ccccc7n5c64)nc4ccccc34)cc21. The van der Waals surface area contributed by atoms with Gasteiger partial charge in [0.2, 0.25) is 0 Å². The summed E-state index contributed by atoms with van der Waals surface area (Å²) >= 11 is 1.71. The second kappa shape index (κ2) is 8.78. The lowest BCUT2D eigenvalue weighted by Crippen LogP contribution is -2.14. The van der Waals surface area contributed by atoms with E-state index in [2.05, 4.69) is 134 Å². The zero-order valence-electron chi connectivity index (χ0n) is 25.7. The predicted octanol–water partition coefficient (Wildman–Crippen LogP) is 11.0. The quantitative estimate of drug-likeness (QED) is 0.194. The van der Waals surface area contributed by atoms with Crippen LogP contribution in [0.3, 0.4) is 0 Å². The molecule has 4 nitrogen and oxygen atoms in total. The van der Waals surface area contributed by atoms with Crippen molar-refractivity contribution < 1.29 is 0 Å². The monoisotopic (exact) mass is 618 g/mol. The molecule has 0 aliphatic heterocycles. The Labute approximate surface area is 273 Å². The number of para-hydroxylation sites is 2. The molecule has 1 aliphatic rings. The molecular formula is C42H26N4S. The highest BCUT2D eigenvalue weighted by Gasteiger charge is 2.35. The van der Waals surface area contributed by atoms with Crippen LogP contribution in [-0.2, 0) is 5.41 Å². The molecule has 0 spiro atoms. The molecule has 1 aliphatic carbocycles. The summed E-state index contributed by atoms with van der Waals surface area (Å²) in [5, 5.41) is 6.03. The molecule has 6 aromatic carbocycles. The summed E-state index contributed by atoms with van der Waals surface area (Å²) in [6, 6.07) is 41.7. The fraction of sp³-hybridized carbons (Fsp3) is 0.0714. The average molecular weight is 619 g/mol. The van der Waals surface area contributed by atoms with Crippen LogP contribution in [0.25, 0.3) is 93.0 Å². The summed E-state index contributed by atoms with van der Waals surface area (Å²) < 4.78 is 3.65. The summed E-state index contributed by atoms with van der Waals surface area (Å²) in [5.41, 5.74) is 16.0. The summed E-state index contributed by atoms with van der Waals surface area (Å²) in [6.07, 6.45) is 0. The molecule has 220 valence electrons. The van der Waals surface area contributed by atoms with Gasteiger partial charge in [-0.25, -0.2) is 15.0 Å². The largest absolute Gasteiger partial charge is 0.308 e. The van der Waals surface area contributed by atoms with Crippen LogP contribution in [0.4, 0.5) is 0 Å². The smallest absolute Gasteiger partial charge is 0.160 e. The molecular weight excluding hydrogens is 593 g/mol. The van der Waals surface area contributed by atoms with Gasteiger partial charge in [0.05, 0.1) is 43.5 Å². The molecule has 0 unspecified atom stereocenters. The number of fused-ring (bicyclic) bond motifs is 12. The van der Waals surface area contributed by atoms with E-state index in [0.717, 1.165) is 39.1 Å². The van der Waals surface area contributed by atoms with E-state index in [0.29, 0.717) is 0 Å². The Morgan fingerprint density at radius 3 is 2.30 bits per heavy atom.